The van der Waals surface area contributed by atoms with Gasteiger partial charge in [0.2, 0.25) is 0 Å². The summed E-state index contributed by atoms with van der Waals surface area (Å²) in [6, 6.07) is 0. The lowest BCUT2D eigenvalue weighted by Gasteiger charge is -2.11. The van der Waals surface area contributed by atoms with Crippen molar-refractivity contribution in [3.8, 4) is 0 Å². The first-order valence-electron chi connectivity index (χ1n) is 5.65. The van der Waals surface area contributed by atoms with Crippen LogP contribution >= 0.6 is 15.9 Å². The number of nitrogens with one attached hydrogen (secondary N) is 1. The summed E-state index contributed by atoms with van der Waals surface area (Å²) in [4.78, 5) is 11.7. The van der Waals surface area contributed by atoms with E-state index in [2.05, 4.69) is 26.3 Å². The third-order valence-corrected chi connectivity index (χ3v) is 4.35. The van der Waals surface area contributed by atoms with Crippen molar-refractivity contribution in [3.05, 3.63) is 21.0 Å². The Morgan fingerprint density at radius 3 is 2.70 bits per heavy atom. The first kappa shape index (κ1) is 17.2. The predicted molar refractivity (Wildman–Crippen MR) is 74.3 cm³/mol. The number of halogens is 4. The third kappa shape index (κ3) is 5.23. The summed E-state index contributed by atoms with van der Waals surface area (Å²) >= 11 is 2.94. The molecule has 20 heavy (non-hydrogen) atoms. The molecule has 5 nitrogen and oxygen atoms in total. The molecule has 0 aliphatic carbocycles. The normalized spacial score (nSPS) is 13.2. The van der Waals surface area contributed by atoms with Gasteiger partial charge in [0.25, 0.3) is 5.56 Å². The molecule has 0 saturated carbocycles. The smallest absolute Gasteiger partial charge is 0.382 e. The van der Waals surface area contributed by atoms with Crippen molar-refractivity contribution in [2.45, 2.75) is 19.6 Å². The third-order valence-electron chi connectivity index (χ3n) is 2.28. The Morgan fingerprint density at radius 2 is 2.15 bits per heavy atom. The molecule has 0 fully saturated rings. The second-order valence-corrected chi connectivity index (χ2v) is 6.47. The van der Waals surface area contributed by atoms with Crippen LogP contribution in [0.5, 0.6) is 0 Å². The van der Waals surface area contributed by atoms with E-state index in [4.69, 9.17) is 0 Å². The molecule has 0 spiro atoms. The lowest BCUT2D eigenvalue weighted by molar-refractivity contribution is -0.143. The van der Waals surface area contributed by atoms with E-state index >= 15 is 0 Å². The molecule has 1 rings (SSSR count). The van der Waals surface area contributed by atoms with Crippen molar-refractivity contribution in [3.63, 3.8) is 0 Å². The highest BCUT2D eigenvalue weighted by Gasteiger charge is 2.29. The van der Waals surface area contributed by atoms with Crippen LogP contribution in [0.15, 0.2) is 15.5 Å². The minimum Gasteiger partial charge on any atom is -0.382 e. The molecule has 0 aromatic carbocycles. The van der Waals surface area contributed by atoms with Gasteiger partial charge in [-0.2, -0.15) is 18.3 Å². The number of alkyl halides is 3. The molecule has 1 aromatic heterocycles. The van der Waals surface area contributed by atoms with Crippen molar-refractivity contribution in [1.82, 2.24) is 9.78 Å². The van der Waals surface area contributed by atoms with Gasteiger partial charge in [-0.1, -0.05) is 6.92 Å². The number of nitrogens with zero attached hydrogens (tertiary/aromatic N) is 2. The van der Waals surface area contributed by atoms with E-state index in [-0.39, 0.29) is 10.2 Å². The van der Waals surface area contributed by atoms with E-state index in [1.165, 1.54) is 0 Å². The zero-order chi connectivity index (χ0) is 15.3. The number of anilines is 1. The molecule has 10 heteroatoms. The maximum absolute atomic E-state index is 12.2. The fraction of sp³-hybridized carbons (Fsp3) is 0.600. The Hall–Kier alpha value is -0.900. The van der Waals surface area contributed by atoms with Crippen LogP contribution in [0.2, 0.25) is 0 Å². The number of rotatable bonds is 6. The van der Waals surface area contributed by atoms with E-state index in [0.29, 0.717) is 22.7 Å². The van der Waals surface area contributed by atoms with Crippen molar-refractivity contribution in [2.75, 3.05) is 23.4 Å². The molecule has 0 aliphatic rings. The van der Waals surface area contributed by atoms with Crippen LogP contribution in [-0.4, -0.2) is 38.2 Å². The van der Waals surface area contributed by atoms with E-state index in [0.717, 1.165) is 6.20 Å². The van der Waals surface area contributed by atoms with E-state index in [1.807, 2.05) is 0 Å². The molecular weight excluding hydrogens is 363 g/mol. The van der Waals surface area contributed by atoms with Crippen molar-refractivity contribution < 1.29 is 17.4 Å². The van der Waals surface area contributed by atoms with Gasteiger partial charge in [-0.25, -0.2) is 4.68 Å². The molecule has 0 aliphatic heterocycles. The van der Waals surface area contributed by atoms with Crippen LogP contribution in [0.4, 0.5) is 18.9 Å². The number of hydrogen-bond acceptors (Lipinski definition) is 4. The van der Waals surface area contributed by atoms with Gasteiger partial charge in [0.15, 0.2) is 0 Å². The Kier molecular flexibility index (Phi) is 6.18. The van der Waals surface area contributed by atoms with Gasteiger partial charge < -0.3 is 5.32 Å². The number of hydrogen-bond donors (Lipinski definition) is 1. The molecule has 1 heterocycles. The Morgan fingerprint density at radius 1 is 1.50 bits per heavy atom. The lowest BCUT2D eigenvalue weighted by atomic mass is 10.4. The van der Waals surface area contributed by atoms with E-state index in [1.54, 1.807) is 6.92 Å². The SMILES string of the molecule is CCS(=O)CCNc1cnn(CC(F)(F)F)c(=O)c1Br. The average molecular weight is 376 g/mol. The Bertz CT molecular complexity index is 548. The van der Waals surface area contributed by atoms with Crippen LogP contribution in [0, 0.1) is 0 Å². The van der Waals surface area contributed by atoms with E-state index < -0.39 is 29.1 Å². The zero-order valence-corrected chi connectivity index (χ0v) is 12.9. The average Bonchev–Trinajstić information content (AvgIpc) is 2.36. The highest BCUT2D eigenvalue weighted by molar-refractivity contribution is 9.10. The molecule has 1 unspecified atom stereocenters. The fourth-order valence-electron chi connectivity index (χ4n) is 1.31. The lowest BCUT2D eigenvalue weighted by Crippen LogP contribution is -2.31. The van der Waals surface area contributed by atoms with Crippen LogP contribution in [-0.2, 0) is 17.3 Å². The van der Waals surface area contributed by atoms with Gasteiger partial charge >= 0.3 is 6.18 Å². The van der Waals surface area contributed by atoms with Crippen LogP contribution in [0.25, 0.3) is 0 Å². The summed E-state index contributed by atoms with van der Waals surface area (Å²) in [6.07, 6.45) is -3.38. The van der Waals surface area contributed by atoms with Crippen LogP contribution in [0.1, 0.15) is 6.92 Å². The molecule has 114 valence electrons. The maximum atomic E-state index is 12.2. The molecule has 1 N–H and O–H groups in total. The second-order valence-electron chi connectivity index (χ2n) is 3.81. The second kappa shape index (κ2) is 7.21. The van der Waals surface area contributed by atoms with Crippen molar-refractivity contribution in [1.29, 1.82) is 0 Å². The van der Waals surface area contributed by atoms with Gasteiger partial charge in [-0.15, -0.1) is 0 Å². The molecule has 0 radical (unpaired) electrons. The monoisotopic (exact) mass is 375 g/mol. The number of aromatic nitrogens is 2. The van der Waals surface area contributed by atoms with Crippen molar-refractivity contribution in [2.24, 2.45) is 0 Å². The summed E-state index contributed by atoms with van der Waals surface area (Å²) < 4.78 is 48.2. The molecule has 0 amide bonds. The van der Waals surface area contributed by atoms with E-state index in [9.17, 15) is 22.2 Å². The Balaban J connectivity index is 2.79. The topological polar surface area (TPSA) is 64.0 Å². The van der Waals surface area contributed by atoms with Gasteiger partial charge in [-0.3, -0.25) is 9.00 Å². The zero-order valence-electron chi connectivity index (χ0n) is 10.5. The van der Waals surface area contributed by atoms with Gasteiger partial charge in [0.05, 0.1) is 11.9 Å². The summed E-state index contributed by atoms with van der Waals surface area (Å²) in [5.74, 6) is 0.906. The summed E-state index contributed by atoms with van der Waals surface area (Å²) in [7, 11) is -0.961. The van der Waals surface area contributed by atoms with Crippen molar-refractivity contribution >= 4 is 32.4 Å². The standard InChI is InChI=1S/C10H13BrF3N3O2S/c1-2-20(19)4-3-15-7-5-16-17(6-10(12,13)14)9(18)8(7)11/h5,15H,2-4,6H2,1H3. The highest BCUT2D eigenvalue weighted by Crippen LogP contribution is 2.19. The highest BCUT2D eigenvalue weighted by atomic mass is 79.9. The summed E-state index contributed by atoms with van der Waals surface area (Å²) in [5.41, 5.74) is -0.592. The molecule has 1 atom stereocenters. The summed E-state index contributed by atoms with van der Waals surface area (Å²) in [5, 5.41) is 6.27. The predicted octanol–water partition coefficient (Wildman–Crippen LogP) is 1.75. The molecular formula is C10H13BrF3N3O2S. The first-order chi connectivity index (χ1) is 9.24. The minimum atomic E-state index is -4.51. The molecule has 0 bridgehead atoms. The maximum Gasteiger partial charge on any atom is 0.408 e. The molecule has 0 saturated heterocycles. The molecule has 1 aromatic rings. The van der Waals surface area contributed by atoms with Gasteiger partial charge in [0.1, 0.15) is 11.0 Å². The van der Waals surface area contributed by atoms with Crippen LogP contribution in [0.3, 0.4) is 0 Å². The van der Waals surface area contributed by atoms with Crippen LogP contribution < -0.4 is 10.9 Å². The summed E-state index contributed by atoms with van der Waals surface area (Å²) in [6.45, 7) is 0.680. The van der Waals surface area contributed by atoms with Gasteiger partial charge in [0, 0.05) is 28.9 Å². The fourth-order valence-corrected chi connectivity index (χ4v) is 2.38. The van der Waals surface area contributed by atoms with Gasteiger partial charge in [-0.05, 0) is 15.9 Å². The largest absolute Gasteiger partial charge is 0.408 e. The first-order valence-corrected chi connectivity index (χ1v) is 7.94. The Labute approximate surface area is 124 Å². The quantitative estimate of drug-likeness (QED) is 0.822. The minimum absolute atomic E-state index is 0.0287.